The fraction of sp³-hybridized carbons (Fsp3) is 0.857. The second-order valence-electron chi connectivity index (χ2n) is 3.70. The molecular formula is C14H32O6Ti. The van der Waals surface area contributed by atoms with Crippen molar-refractivity contribution in [3.8, 4) is 0 Å². The predicted octanol–water partition coefficient (Wildman–Crippen LogP) is 2.52. The van der Waals surface area contributed by atoms with Crippen LogP contribution in [0, 0.1) is 0 Å². The zero-order chi connectivity index (χ0) is 16.8. The minimum atomic E-state index is -0.682. The Morgan fingerprint density at radius 1 is 0.667 bits per heavy atom. The van der Waals surface area contributed by atoms with E-state index in [9.17, 15) is 9.59 Å². The van der Waals surface area contributed by atoms with Crippen LogP contribution in [0.1, 0.15) is 65.2 Å². The summed E-state index contributed by atoms with van der Waals surface area (Å²) in [6.07, 6.45) is 6.55. The zero-order valence-corrected chi connectivity index (χ0v) is 15.3. The zero-order valence-electron chi connectivity index (χ0n) is 13.8. The fourth-order valence-corrected chi connectivity index (χ4v) is 1.05. The average Bonchev–Trinajstić information content (AvgIpc) is 2.44. The molecule has 0 rings (SSSR count). The number of carbonyl (C=O) groups is 2. The number of aliphatic hydroxyl groups is 2. The maximum absolute atomic E-state index is 9.87. The Balaban J connectivity index is -0.0000000630. The van der Waals surface area contributed by atoms with Crippen molar-refractivity contribution in [1.29, 1.82) is 0 Å². The van der Waals surface area contributed by atoms with E-state index in [-0.39, 0.29) is 21.7 Å². The van der Waals surface area contributed by atoms with Crippen molar-refractivity contribution in [2.45, 2.75) is 65.2 Å². The number of rotatable bonds is 8. The van der Waals surface area contributed by atoms with Crippen molar-refractivity contribution in [3.63, 3.8) is 0 Å². The van der Waals surface area contributed by atoms with Gasteiger partial charge >= 0.3 is 11.9 Å². The SMILES string of the molecule is CCCCCC(=O)O.CCCCCC(=O)O.CO.CO.[Ti]. The molecule has 0 amide bonds. The number of aliphatic hydroxyl groups excluding tert-OH is 2. The van der Waals surface area contributed by atoms with Crippen molar-refractivity contribution in [3.05, 3.63) is 0 Å². The molecule has 0 heterocycles. The van der Waals surface area contributed by atoms with E-state index in [1.807, 2.05) is 0 Å². The van der Waals surface area contributed by atoms with E-state index in [1.54, 1.807) is 0 Å². The summed E-state index contributed by atoms with van der Waals surface area (Å²) in [6, 6.07) is 0. The third kappa shape index (κ3) is 66.0. The molecule has 0 atom stereocenters. The third-order valence-electron chi connectivity index (χ3n) is 1.99. The Kier molecular flexibility index (Phi) is 56.7. The Bertz CT molecular complexity index is 168. The Morgan fingerprint density at radius 3 is 1.05 bits per heavy atom. The van der Waals surface area contributed by atoms with Gasteiger partial charge in [0.15, 0.2) is 0 Å². The summed E-state index contributed by atoms with van der Waals surface area (Å²) >= 11 is 0. The molecule has 4 N–H and O–H groups in total. The average molecular weight is 344 g/mol. The van der Waals surface area contributed by atoms with Crippen molar-refractivity contribution in [2.24, 2.45) is 0 Å². The monoisotopic (exact) mass is 344 g/mol. The van der Waals surface area contributed by atoms with Crippen LogP contribution in [-0.2, 0) is 31.3 Å². The third-order valence-corrected chi connectivity index (χ3v) is 1.99. The van der Waals surface area contributed by atoms with Crippen LogP contribution in [0.25, 0.3) is 0 Å². The maximum Gasteiger partial charge on any atom is 0.303 e. The van der Waals surface area contributed by atoms with Crippen LogP contribution in [0.5, 0.6) is 0 Å². The van der Waals surface area contributed by atoms with Crippen molar-refractivity contribution in [1.82, 2.24) is 0 Å². The number of carboxylic acid groups (broad SMARTS) is 2. The summed E-state index contributed by atoms with van der Waals surface area (Å²) in [4.78, 5) is 19.7. The van der Waals surface area contributed by atoms with E-state index in [0.717, 1.165) is 52.7 Å². The molecule has 0 aromatic rings. The molecule has 0 aromatic heterocycles. The van der Waals surface area contributed by atoms with Gasteiger partial charge in [-0.1, -0.05) is 39.5 Å². The van der Waals surface area contributed by atoms with Gasteiger partial charge in [-0.3, -0.25) is 9.59 Å². The second kappa shape index (κ2) is 36.7. The predicted molar refractivity (Wildman–Crippen MR) is 79.8 cm³/mol. The number of carboxylic acids is 2. The summed E-state index contributed by atoms with van der Waals surface area (Å²) in [5, 5.41) is 30.3. The van der Waals surface area contributed by atoms with Gasteiger partial charge in [0.25, 0.3) is 0 Å². The largest absolute Gasteiger partial charge is 0.481 e. The van der Waals surface area contributed by atoms with Gasteiger partial charge in [-0.2, -0.15) is 0 Å². The van der Waals surface area contributed by atoms with Gasteiger partial charge in [0.1, 0.15) is 0 Å². The van der Waals surface area contributed by atoms with E-state index >= 15 is 0 Å². The van der Waals surface area contributed by atoms with Crippen LogP contribution < -0.4 is 0 Å². The molecular weight excluding hydrogens is 312 g/mol. The first-order valence-electron chi connectivity index (χ1n) is 6.87. The second-order valence-corrected chi connectivity index (χ2v) is 3.70. The molecule has 21 heavy (non-hydrogen) atoms. The number of hydrogen-bond donors (Lipinski definition) is 4. The quantitative estimate of drug-likeness (QED) is 0.397. The molecule has 0 saturated carbocycles. The van der Waals surface area contributed by atoms with Gasteiger partial charge in [-0.25, -0.2) is 0 Å². The molecule has 0 spiro atoms. The Hall–Kier alpha value is -0.426. The molecule has 0 bridgehead atoms. The minimum absolute atomic E-state index is 0. The van der Waals surface area contributed by atoms with E-state index in [2.05, 4.69) is 13.8 Å². The van der Waals surface area contributed by atoms with Crippen LogP contribution in [-0.4, -0.2) is 46.6 Å². The van der Waals surface area contributed by atoms with Gasteiger partial charge in [0.2, 0.25) is 0 Å². The summed E-state index contributed by atoms with van der Waals surface area (Å²) in [7, 11) is 2.00. The van der Waals surface area contributed by atoms with Crippen LogP contribution in [0.3, 0.4) is 0 Å². The summed E-state index contributed by atoms with van der Waals surface area (Å²) in [5.74, 6) is -1.36. The van der Waals surface area contributed by atoms with Gasteiger partial charge in [-0.05, 0) is 12.8 Å². The molecule has 0 aliphatic heterocycles. The van der Waals surface area contributed by atoms with Crippen LogP contribution in [0.15, 0.2) is 0 Å². The van der Waals surface area contributed by atoms with Gasteiger partial charge in [0, 0.05) is 48.8 Å². The summed E-state index contributed by atoms with van der Waals surface area (Å²) in [5.41, 5.74) is 0. The fourth-order valence-electron chi connectivity index (χ4n) is 1.05. The first kappa shape index (κ1) is 32.5. The normalized spacial score (nSPS) is 7.52. The van der Waals surface area contributed by atoms with Gasteiger partial charge < -0.3 is 20.4 Å². The smallest absolute Gasteiger partial charge is 0.303 e. The van der Waals surface area contributed by atoms with Gasteiger partial charge in [-0.15, -0.1) is 0 Å². The Morgan fingerprint density at radius 2 is 0.905 bits per heavy atom. The molecule has 7 heteroatoms. The van der Waals surface area contributed by atoms with Gasteiger partial charge in [0.05, 0.1) is 0 Å². The summed E-state index contributed by atoms with van der Waals surface area (Å²) < 4.78 is 0. The van der Waals surface area contributed by atoms with E-state index in [4.69, 9.17) is 20.4 Å². The molecule has 0 fully saturated rings. The minimum Gasteiger partial charge on any atom is -0.481 e. The van der Waals surface area contributed by atoms with Crippen molar-refractivity contribution < 1.29 is 51.7 Å². The van der Waals surface area contributed by atoms with Crippen molar-refractivity contribution >= 4 is 11.9 Å². The maximum atomic E-state index is 9.87. The number of hydrogen-bond acceptors (Lipinski definition) is 4. The molecule has 0 aliphatic carbocycles. The van der Waals surface area contributed by atoms with Crippen LogP contribution in [0.4, 0.5) is 0 Å². The molecule has 0 radical (unpaired) electrons. The topological polar surface area (TPSA) is 115 Å². The molecule has 0 aliphatic rings. The molecule has 0 aromatic carbocycles. The molecule has 0 saturated heterocycles. The van der Waals surface area contributed by atoms with E-state index in [0.29, 0.717) is 12.8 Å². The van der Waals surface area contributed by atoms with E-state index < -0.39 is 11.9 Å². The van der Waals surface area contributed by atoms with Crippen LogP contribution >= 0.6 is 0 Å². The summed E-state index contributed by atoms with van der Waals surface area (Å²) in [6.45, 7) is 4.11. The number of aliphatic carboxylic acids is 2. The number of unbranched alkanes of at least 4 members (excludes halogenated alkanes) is 4. The Labute approximate surface area is 143 Å². The van der Waals surface area contributed by atoms with Crippen molar-refractivity contribution in [2.75, 3.05) is 14.2 Å². The van der Waals surface area contributed by atoms with E-state index in [1.165, 1.54) is 0 Å². The standard InChI is InChI=1S/2C6H12O2.2CH4O.Ti/c2*1-2-3-4-5-6(7)8;2*1-2;/h2*2-5H2,1H3,(H,7,8);2*2H,1H3;. The first-order valence-corrected chi connectivity index (χ1v) is 6.87. The van der Waals surface area contributed by atoms with Crippen LogP contribution in [0.2, 0.25) is 0 Å². The molecule has 6 nitrogen and oxygen atoms in total. The first-order chi connectivity index (χ1) is 9.54. The molecule has 0 unspecified atom stereocenters. The molecule has 128 valence electrons.